The van der Waals surface area contributed by atoms with Crippen LogP contribution < -0.4 is 20.5 Å². The zero-order valence-electron chi connectivity index (χ0n) is 32.5. The SMILES string of the molecule is COc1cc(-c2cc(C(F)(F)F)cc3c2n(C)c(=O)n3CC(=O)Nc2ccc(F)cc2)cc(F)c1OCc1ncn(C(c2ccccc2)(c2ccccc2)c2ccccc2)n1. The number of hydrogen-bond donors (Lipinski definition) is 1. The third-order valence-corrected chi connectivity index (χ3v) is 10.3. The molecule has 2 aromatic heterocycles. The normalized spacial score (nSPS) is 11.8. The summed E-state index contributed by atoms with van der Waals surface area (Å²) in [5.41, 5.74) is -0.471. The van der Waals surface area contributed by atoms with E-state index in [4.69, 9.17) is 14.6 Å². The van der Waals surface area contributed by atoms with Gasteiger partial charge in [-0.15, -0.1) is 0 Å². The molecule has 0 fully saturated rings. The first-order valence-corrected chi connectivity index (χ1v) is 18.8. The lowest BCUT2D eigenvalue weighted by molar-refractivity contribution is -0.137. The van der Waals surface area contributed by atoms with Crippen LogP contribution in [0.25, 0.3) is 22.2 Å². The van der Waals surface area contributed by atoms with Crippen LogP contribution in [0.5, 0.6) is 11.5 Å². The molecule has 0 radical (unpaired) electrons. The molecule has 6 aromatic carbocycles. The highest BCUT2D eigenvalue weighted by molar-refractivity contribution is 5.96. The number of ether oxygens (including phenoxy) is 2. The fourth-order valence-corrected chi connectivity index (χ4v) is 7.58. The van der Waals surface area contributed by atoms with E-state index in [2.05, 4.69) is 10.3 Å². The summed E-state index contributed by atoms with van der Waals surface area (Å²) in [6.07, 6.45) is -3.32. The van der Waals surface area contributed by atoms with Crippen molar-refractivity contribution in [1.29, 1.82) is 0 Å². The lowest BCUT2D eigenvalue weighted by Crippen LogP contribution is -2.38. The van der Waals surface area contributed by atoms with E-state index in [9.17, 15) is 27.2 Å². The third-order valence-electron chi connectivity index (χ3n) is 10.3. The van der Waals surface area contributed by atoms with Crippen LogP contribution in [-0.2, 0) is 36.7 Å². The molecule has 0 atom stereocenters. The van der Waals surface area contributed by atoms with Gasteiger partial charge in [-0.2, -0.15) is 18.3 Å². The number of nitrogens with zero attached hydrogens (tertiary/aromatic N) is 5. The van der Waals surface area contributed by atoms with Gasteiger partial charge < -0.3 is 14.8 Å². The Kier molecular flexibility index (Phi) is 10.7. The van der Waals surface area contributed by atoms with Gasteiger partial charge in [0.1, 0.15) is 30.8 Å². The van der Waals surface area contributed by atoms with Crippen molar-refractivity contribution in [3.63, 3.8) is 0 Å². The minimum atomic E-state index is -4.89. The molecule has 0 bridgehead atoms. The Balaban J connectivity index is 1.15. The number of aromatic nitrogens is 5. The van der Waals surface area contributed by atoms with Gasteiger partial charge in [0.2, 0.25) is 5.91 Å². The standard InChI is InChI=1S/C46H35F5N6O4/c1-55-42-36(24-33(46(49,50)51)25-38(42)56(44(55)59)26-41(58)53-35-20-18-34(47)19-21-35)29-22-37(48)43(39(23-29)60-2)61-27-40-52-28-57(54-40)45(30-12-6-3-7-13-30,31-14-8-4-9-15-31)32-16-10-5-11-17-32/h3-25,28H,26-27H2,1-2H3,(H,53,58). The maximum Gasteiger partial charge on any atom is 0.416 e. The molecule has 0 saturated carbocycles. The fraction of sp³-hybridized carbons (Fsp3) is 0.130. The molecule has 2 heterocycles. The number of carbonyl (C=O) groups excluding carboxylic acids is 1. The van der Waals surface area contributed by atoms with Crippen molar-refractivity contribution in [2.45, 2.75) is 24.9 Å². The Morgan fingerprint density at radius 2 is 1.36 bits per heavy atom. The number of hydrogen-bond acceptors (Lipinski definition) is 6. The number of rotatable bonds is 12. The highest BCUT2D eigenvalue weighted by Crippen LogP contribution is 2.42. The van der Waals surface area contributed by atoms with Gasteiger partial charge in [-0.25, -0.2) is 23.2 Å². The van der Waals surface area contributed by atoms with E-state index >= 15 is 4.39 Å². The average Bonchev–Trinajstić information content (AvgIpc) is 3.83. The predicted molar refractivity (Wildman–Crippen MR) is 218 cm³/mol. The van der Waals surface area contributed by atoms with E-state index < -0.39 is 47.1 Å². The number of fused-ring (bicyclic) bond motifs is 1. The Morgan fingerprint density at radius 1 is 0.770 bits per heavy atom. The molecule has 308 valence electrons. The number of methoxy groups -OCH3 is 1. The number of imidazole rings is 1. The summed E-state index contributed by atoms with van der Waals surface area (Å²) in [7, 11) is 2.58. The molecule has 8 aromatic rings. The minimum Gasteiger partial charge on any atom is -0.493 e. The van der Waals surface area contributed by atoms with Gasteiger partial charge >= 0.3 is 11.9 Å². The number of alkyl halides is 3. The van der Waals surface area contributed by atoms with Crippen LogP contribution in [-0.4, -0.2) is 36.9 Å². The Hall–Kier alpha value is -7.55. The molecule has 0 aliphatic heterocycles. The number of nitrogens with one attached hydrogen (secondary N) is 1. The maximum atomic E-state index is 16.2. The van der Waals surface area contributed by atoms with Crippen LogP contribution in [0, 0.1) is 11.6 Å². The van der Waals surface area contributed by atoms with Crippen LogP contribution in [0.2, 0.25) is 0 Å². The second-order valence-corrected chi connectivity index (χ2v) is 14.1. The first-order chi connectivity index (χ1) is 29.4. The summed E-state index contributed by atoms with van der Waals surface area (Å²) in [4.78, 5) is 31.1. The quantitative estimate of drug-likeness (QED) is 0.0975. The zero-order valence-corrected chi connectivity index (χ0v) is 32.5. The lowest BCUT2D eigenvalue weighted by atomic mass is 9.77. The largest absolute Gasteiger partial charge is 0.493 e. The van der Waals surface area contributed by atoms with E-state index in [0.717, 1.165) is 56.2 Å². The molecule has 8 rings (SSSR count). The van der Waals surface area contributed by atoms with Crippen molar-refractivity contribution in [2.24, 2.45) is 7.05 Å². The van der Waals surface area contributed by atoms with Crippen molar-refractivity contribution >= 4 is 22.6 Å². The summed E-state index contributed by atoms with van der Waals surface area (Å²) in [5.74, 6) is -2.59. The summed E-state index contributed by atoms with van der Waals surface area (Å²) < 4.78 is 88.0. The summed E-state index contributed by atoms with van der Waals surface area (Å²) >= 11 is 0. The molecule has 1 amide bonds. The topological polar surface area (TPSA) is 105 Å². The van der Waals surface area contributed by atoms with E-state index in [-0.39, 0.29) is 51.8 Å². The maximum absolute atomic E-state index is 16.2. The first-order valence-electron chi connectivity index (χ1n) is 18.8. The molecule has 10 nitrogen and oxygen atoms in total. The number of anilines is 1. The summed E-state index contributed by atoms with van der Waals surface area (Å²) in [6.45, 7) is -0.995. The molecule has 0 aliphatic carbocycles. The molecule has 15 heteroatoms. The Bertz CT molecular complexity index is 2820. The van der Waals surface area contributed by atoms with Crippen molar-refractivity contribution < 1.29 is 36.2 Å². The van der Waals surface area contributed by atoms with Crippen LogP contribution in [0.3, 0.4) is 0 Å². The lowest BCUT2D eigenvalue weighted by Gasteiger charge is -2.35. The fourth-order valence-electron chi connectivity index (χ4n) is 7.58. The van der Waals surface area contributed by atoms with Crippen molar-refractivity contribution in [3.05, 3.63) is 196 Å². The van der Waals surface area contributed by atoms with Crippen LogP contribution >= 0.6 is 0 Å². The molecule has 0 aliphatic rings. The molecule has 0 unspecified atom stereocenters. The van der Waals surface area contributed by atoms with Gasteiger partial charge in [0.25, 0.3) is 0 Å². The molecule has 61 heavy (non-hydrogen) atoms. The number of aryl methyl sites for hydroxylation is 1. The van der Waals surface area contributed by atoms with Crippen LogP contribution in [0.1, 0.15) is 28.1 Å². The minimum absolute atomic E-state index is 0.00354. The molecule has 1 N–H and O–H groups in total. The zero-order chi connectivity index (χ0) is 42.9. The molecular formula is C46H35F5N6O4. The second kappa shape index (κ2) is 16.2. The number of amides is 1. The van der Waals surface area contributed by atoms with Gasteiger partial charge in [-0.05, 0) is 70.8 Å². The van der Waals surface area contributed by atoms with Gasteiger partial charge in [0, 0.05) is 18.3 Å². The van der Waals surface area contributed by atoms with Crippen LogP contribution in [0.15, 0.2) is 151 Å². The average molecular weight is 831 g/mol. The van der Waals surface area contributed by atoms with Gasteiger partial charge in [0.05, 0.1) is 23.7 Å². The van der Waals surface area contributed by atoms with Crippen molar-refractivity contribution in [3.8, 4) is 22.6 Å². The predicted octanol–water partition coefficient (Wildman–Crippen LogP) is 8.96. The van der Waals surface area contributed by atoms with Crippen molar-refractivity contribution in [2.75, 3.05) is 12.4 Å². The highest BCUT2D eigenvalue weighted by Gasteiger charge is 2.40. The summed E-state index contributed by atoms with van der Waals surface area (Å²) in [6, 6.07) is 38.0. The monoisotopic (exact) mass is 830 g/mol. The highest BCUT2D eigenvalue weighted by atomic mass is 19.4. The Labute approximate surface area is 345 Å². The van der Waals surface area contributed by atoms with Crippen molar-refractivity contribution in [1.82, 2.24) is 23.9 Å². The second-order valence-electron chi connectivity index (χ2n) is 14.1. The first kappa shape index (κ1) is 40.2. The van der Waals surface area contributed by atoms with E-state index in [1.165, 1.54) is 32.4 Å². The van der Waals surface area contributed by atoms with E-state index in [0.29, 0.717) is 0 Å². The molecule has 0 spiro atoms. The number of carbonyl (C=O) groups is 1. The Morgan fingerprint density at radius 3 is 1.92 bits per heavy atom. The smallest absolute Gasteiger partial charge is 0.416 e. The molecule has 0 saturated heterocycles. The summed E-state index contributed by atoms with van der Waals surface area (Å²) in [5, 5.41) is 7.35. The third kappa shape index (κ3) is 7.61. The van der Waals surface area contributed by atoms with Gasteiger partial charge in [0.15, 0.2) is 23.1 Å². The number of halogens is 5. The number of benzene rings is 6. The van der Waals surface area contributed by atoms with Gasteiger partial charge in [-0.3, -0.25) is 13.9 Å². The van der Waals surface area contributed by atoms with E-state index in [1.807, 2.05) is 91.0 Å². The van der Waals surface area contributed by atoms with Gasteiger partial charge in [-0.1, -0.05) is 91.0 Å². The molecular weight excluding hydrogens is 796 g/mol. The van der Waals surface area contributed by atoms with E-state index in [1.54, 1.807) is 11.0 Å². The van der Waals surface area contributed by atoms with Crippen LogP contribution in [0.4, 0.5) is 27.6 Å².